The number of nitrogens with zero attached hydrogens (tertiary/aromatic N) is 7. The Bertz CT molecular complexity index is 4390. The predicted molar refractivity (Wildman–Crippen MR) is 272 cm³/mol. The normalized spacial score (nSPS) is 14.5. The molecule has 1 aliphatic carbocycles. The number of hydrogen-bond acceptors (Lipinski definition) is 5. The van der Waals surface area contributed by atoms with Gasteiger partial charge in [-0.3, -0.25) is 9.97 Å². The summed E-state index contributed by atoms with van der Waals surface area (Å²) in [6, 6.07) is 70.3. The van der Waals surface area contributed by atoms with E-state index < -0.39 is 5.41 Å². The van der Waals surface area contributed by atoms with Gasteiger partial charge >= 0.3 is 0 Å². The van der Waals surface area contributed by atoms with Gasteiger partial charge in [-0.05, 0) is 115 Å². The molecule has 0 saturated carbocycles. The number of rotatable bonds is 3. The quantitative estimate of drug-likeness (QED) is 0.176. The Labute approximate surface area is 394 Å². The first kappa shape index (κ1) is 37.5. The van der Waals surface area contributed by atoms with Crippen LogP contribution in [0.2, 0.25) is 0 Å². The van der Waals surface area contributed by atoms with Crippen LogP contribution in [-0.2, 0) is 5.41 Å². The smallest absolute Gasteiger partial charge is 0.132 e. The number of ether oxygens (including phenoxy) is 1. The lowest BCUT2D eigenvalue weighted by Gasteiger charge is -2.39. The molecule has 1 unspecified atom stereocenters. The Morgan fingerprint density at radius 2 is 0.855 bits per heavy atom. The van der Waals surface area contributed by atoms with E-state index >= 15 is 0 Å². The lowest BCUT2D eigenvalue weighted by atomic mass is 9.66. The molecule has 8 aromatic carbocycles. The third kappa shape index (κ3) is 4.88. The number of aromatic nitrogens is 5. The molecule has 1 atom stereocenters. The fraction of sp³-hybridized carbons (Fsp3) is 0.0164. The van der Waals surface area contributed by atoms with E-state index in [0.717, 1.165) is 106 Å². The van der Waals surface area contributed by atoms with Crippen molar-refractivity contribution in [1.82, 2.24) is 23.7 Å². The van der Waals surface area contributed by atoms with E-state index in [1.54, 1.807) is 0 Å². The van der Waals surface area contributed by atoms with Crippen molar-refractivity contribution in [3.8, 4) is 52.1 Å². The summed E-state index contributed by atoms with van der Waals surface area (Å²) in [5.41, 5.74) is 15.1. The molecule has 0 saturated heterocycles. The van der Waals surface area contributed by atoms with Crippen LogP contribution in [0.5, 0.6) is 11.5 Å². The van der Waals surface area contributed by atoms with Crippen molar-refractivity contribution in [2.24, 2.45) is 0 Å². The van der Waals surface area contributed by atoms with Gasteiger partial charge in [-0.2, -0.15) is 10.5 Å². The highest BCUT2D eigenvalue weighted by atomic mass is 16.5. The van der Waals surface area contributed by atoms with Gasteiger partial charge < -0.3 is 18.4 Å². The Hall–Kier alpha value is -9.76. The molecule has 2 aliphatic rings. The summed E-state index contributed by atoms with van der Waals surface area (Å²) in [5, 5.41) is 26.4. The molecule has 0 N–H and O–H groups in total. The number of benzene rings is 8. The maximum atomic E-state index is 9.94. The summed E-state index contributed by atoms with van der Waals surface area (Å²) < 4.78 is 13.9. The molecule has 0 radical (unpaired) electrons. The molecule has 0 bridgehead atoms. The fourth-order valence-corrected chi connectivity index (χ4v) is 11.9. The zero-order valence-electron chi connectivity index (χ0n) is 36.6. The Morgan fingerprint density at radius 1 is 0.377 bits per heavy atom. The molecule has 15 rings (SSSR count). The first-order chi connectivity index (χ1) is 34.1. The maximum Gasteiger partial charge on any atom is 0.132 e. The molecule has 13 aromatic rings. The lowest BCUT2D eigenvalue weighted by molar-refractivity contribution is 0.436. The van der Waals surface area contributed by atoms with Crippen LogP contribution in [-0.4, -0.2) is 23.7 Å². The summed E-state index contributed by atoms with van der Waals surface area (Å²) in [6.07, 6.45) is 3.76. The van der Waals surface area contributed by atoms with E-state index in [-0.39, 0.29) is 0 Å². The third-order valence-electron chi connectivity index (χ3n) is 14.6. The van der Waals surface area contributed by atoms with Crippen LogP contribution >= 0.6 is 0 Å². The Morgan fingerprint density at radius 3 is 1.52 bits per heavy atom. The van der Waals surface area contributed by atoms with Gasteiger partial charge in [0.05, 0.1) is 85.1 Å². The Balaban J connectivity index is 0.988. The molecule has 1 aliphatic heterocycles. The van der Waals surface area contributed by atoms with E-state index in [2.05, 4.69) is 159 Å². The second-order valence-electron chi connectivity index (χ2n) is 18.0. The van der Waals surface area contributed by atoms with Crippen LogP contribution in [0.3, 0.4) is 0 Å². The van der Waals surface area contributed by atoms with Crippen LogP contribution in [0.25, 0.3) is 93.9 Å². The topological polar surface area (TPSA) is 97.4 Å². The first-order valence-corrected chi connectivity index (χ1v) is 22.9. The van der Waals surface area contributed by atoms with Crippen molar-refractivity contribution < 1.29 is 4.74 Å². The van der Waals surface area contributed by atoms with Crippen molar-refractivity contribution in [3.63, 3.8) is 0 Å². The van der Waals surface area contributed by atoms with Crippen molar-refractivity contribution in [2.75, 3.05) is 0 Å². The average molecular weight is 880 g/mol. The summed E-state index contributed by atoms with van der Waals surface area (Å²) >= 11 is 0. The molecule has 69 heavy (non-hydrogen) atoms. The SMILES string of the molecule is N#Cc1ccc2c(c1)c1cc(C#N)ccc1n2-c1cnc2c(c1)C1(c3ccccc3Oc3ccc(-n4c5ccccc5c5cc(-n6c7ccccc7c7ccccc76)ccc54)cc31)c1cccnc1-2. The number of fused-ring (bicyclic) bond motifs is 18. The molecule has 318 valence electrons. The van der Waals surface area contributed by atoms with Crippen molar-refractivity contribution in [1.29, 1.82) is 10.5 Å². The van der Waals surface area contributed by atoms with E-state index in [1.807, 2.05) is 67.0 Å². The number of nitriles is 2. The van der Waals surface area contributed by atoms with Gasteiger partial charge in [-0.25, -0.2) is 0 Å². The fourth-order valence-electron chi connectivity index (χ4n) is 11.9. The molecule has 0 amide bonds. The van der Waals surface area contributed by atoms with Gasteiger partial charge in [-0.1, -0.05) is 78.9 Å². The highest BCUT2D eigenvalue weighted by Gasteiger charge is 2.53. The van der Waals surface area contributed by atoms with Gasteiger partial charge in [-0.15, -0.1) is 0 Å². The molecule has 8 heteroatoms. The van der Waals surface area contributed by atoms with E-state index in [9.17, 15) is 10.5 Å². The van der Waals surface area contributed by atoms with Gasteiger partial charge in [0.15, 0.2) is 0 Å². The minimum absolute atomic E-state index is 0.550. The highest BCUT2D eigenvalue weighted by molar-refractivity contribution is 6.13. The first-order valence-electron chi connectivity index (χ1n) is 22.9. The standard InChI is InChI=1S/C61H33N7O/c62-33-36-19-23-54-44(28-36)45-29-37(34-63)20-24-55(45)68(54)40-32-50-60(65-35-40)59-48(14-9-27-64-59)61(50)47-13-4-8-18-57(47)69-58-26-22-39(31-49(58)61)67-53-17-7-3-12-43(53)46-30-38(21-25-56(46)67)66-51-15-5-1-10-41(51)42-11-2-6-16-52(42)66/h1-32,35H. The zero-order chi connectivity index (χ0) is 45.5. The minimum Gasteiger partial charge on any atom is -0.457 e. The van der Waals surface area contributed by atoms with Gasteiger partial charge in [0.25, 0.3) is 0 Å². The highest BCUT2D eigenvalue weighted by Crippen LogP contribution is 2.62. The van der Waals surface area contributed by atoms with E-state index in [4.69, 9.17) is 14.7 Å². The zero-order valence-corrected chi connectivity index (χ0v) is 36.6. The third-order valence-corrected chi connectivity index (χ3v) is 14.6. The van der Waals surface area contributed by atoms with Crippen molar-refractivity contribution in [3.05, 3.63) is 234 Å². The second-order valence-corrected chi connectivity index (χ2v) is 18.0. The number of hydrogen-bond donors (Lipinski definition) is 0. The molecule has 8 nitrogen and oxygen atoms in total. The van der Waals surface area contributed by atoms with Crippen LogP contribution in [0.4, 0.5) is 0 Å². The summed E-state index contributed by atoms with van der Waals surface area (Å²) in [5.74, 6) is 1.52. The van der Waals surface area contributed by atoms with Gasteiger partial charge in [0.1, 0.15) is 11.5 Å². The average Bonchev–Trinajstić information content (AvgIpc) is 4.12. The second kappa shape index (κ2) is 13.6. The minimum atomic E-state index is -0.884. The Kier molecular flexibility index (Phi) is 7.41. The number of pyridine rings is 2. The molecular formula is C61H33N7O. The molecule has 5 aromatic heterocycles. The summed E-state index contributed by atoms with van der Waals surface area (Å²) in [6.45, 7) is 0. The van der Waals surface area contributed by atoms with Crippen LogP contribution in [0.1, 0.15) is 33.4 Å². The monoisotopic (exact) mass is 879 g/mol. The number of para-hydroxylation sites is 4. The largest absolute Gasteiger partial charge is 0.457 e. The maximum absolute atomic E-state index is 9.94. The van der Waals surface area contributed by atoms with E-state index in [1.165, 1.54) is 21.8 Å². The molecule has 1 spiro atoms. The van der Waals surface area contributed by atoms with Crippen LogP contribution in [0.15, 0.2) is 200 Å². The van der Waals surface area contributed by atoms with Gasteiger partial charge in [0, 0.05) is 66.6 Å². The predicted octanol–water partition coefficient (Wildman–Crippen LogP) is 14.0. The summed E-state index contributed by atoms with van der Waals surface area (Å²) in [4.78, 5) is 10.4. The van der Waals surface area contributed by atoms with Crippen molar-refractivity contribution in [2.45, 2.75) is 5.41 Å². The van der Waals surface area contributed by atoms with Crippen LogP contribution < -0.4 is 4.74 Å². The lowest BCUT2D eigenvalue weighted by Crippen LogP contribution is -2.32. The molecular weight excluding hydrogens is 847 g/mol. The van der Waals surface area contributed by atoms with Crippen molar-refractivity contribution >= 4 is 65.4 Å². The van der Waals surface area contributed by atoms with Gasteiger partial charge in [0.2, 0.25) is 0 Å². The molecule has 0 fully saturated rings. The molecule has 6 heterocycles. The van der Waals surface area contributed by atoms with E-state index in [0.29, 0.717) is 11.1 Å². The summed E-state index contributed by atoms with van der Waals surface area (Å²) in [7, 11) is 0. The van der Waals surface area contributed by atoms with Crippen LogP contribution in [0, 0.1) is 22.7 Å².